The Morgan fingerprint density at radius 2 is 1.68 bits per heavy atom. The van der Waals surface area contributed by atoms with Crippen LogP contribution >= 0.6 is 0 Å². The van der Waals surface area contributed by atoms with Crippen molar-refractivity contribution < 1.29 is 14.3 Å². The maximum absolute atomic E-state index is 11.8. The van der Waals surface area contributed by atoms with Crippen LogP contribution in [-0.4, -0.2) is 61.0 Å². The predicted molar refractivity (Wildman–Crippen MR) is 87.2 cm³/mol. The number of carbonyl (C=O) groups excluding carboxylic acids is 2. The third-order valence-electron chi connectivity index (χ3n) is 2.86. The van der Waals surface area contributed by atoms with Crippen LogP contribution in [0, 0.1) is 11.3 Å². The fraction of sp³-hybridized carbons (Fsp3) is 0.812. The van der Waals surface area contributed by atoms with Gasteiger partial charge in [-0.3, -0.25) is 9.59 Å². The summed E-state index contributed by atoms with van der Waals surface area (Å²) < 4.78 is 5.17. The number of ether oxygens (including phenoxy) is 1. The molecule has 0 saturated carbocycles. The van der Waals surface area contributed by atoms with E-state index in [0.29, 0.717) is 32.7 Å². The lowest BCUT2D eigenvalue weighted by Gasteiger charge is -2.28. The minimum absolute atomic E-state index is 0.0496. The van der Waals surface area contributed by atoms with Crippen molar-refractivity contribution in [2.45, 2.75) is 47.5 Å². The van der Waals surface area contributed by atoms with Crippen LogP contribution in [0.25, 0.3) is 0 Å². The molecule has 0 bridgehead atoms. The molecule has 0 aromatic carbocycles. The number of hydrogen-bond donors (Lipinski definition) is 0. The second-order valence-corrected chi connectivity index (χ2v) is 4.14. The molecule has 0 aromatic rings. The average molecular weight is 313 g/mol. The van der Waals surface area contributed by atoms with E-state index in [9.17, 15) is 9.59 Å². The van der Waals surface area contributed by atoms with E-state index in [-0.39, 0.29) is 18.4 Å². The highest BCUT2D eigenvalue weighted by Crippen LogP contribution is 2.10. The van der Waals surface area contributed by atoms with Gasteiger partial charge in [-0.15, -0.1) is 0 Å². The minimum Gasteiger partial charge on any atom is -0.378 e. The summed E-state index contributed by atoms with van der Waals surface area (Å²) in [5.41, 5.74) is 0. The van der Waals surface area contributed by atoms with E-state index in [1.54, 1.807) is 15.9 Å². The number of nitriles is 1. The van der Waals surface area contributed by atoms with Crippen molar-refractivity contribution in [3.63, 3.8) is 0 Å². The first kappa shape index (κ1) is 22.7. The largest absolute Gasteiger partial charge is 0.378 e. The molecule has 22 heavy (non-hydrogen) atoms. The normalized spacial score (nSPS) is 16.1. The second-order valence-electron chi connectivity index (χ2n) is 4.14. The molecule has 2 saturated heterocycles. The Bertz CT molecular complexity index is 334. The summed E-state index contributed by atoms with van der Waals surface area (Å²) in [6, 6.07) is 1.75. The van der Waals surface area contributed by atoms with E-state index in [0.717, 1.165) is 13.0 Å². The number of rotatable bonds is 2. The fourth-order valence-corrected chi connectivity index (χ4v) is 1.95. The maximum Gasteiger partial charge on any atom is 0.242 e. The van der Waals surface area contributed by atoms with Gasteiger partial charge in [-0.1, -0.05) is 27.7 Å². The van der Waals surface area contributed by atoms with Gasteiger partial charge in [0, 0.05) is 33.0 Å². The molecule has 2 aliphatic heterocycles. The summed E-state index contributed by atoms with van der Waals surface area (Å²) in [5, 5.41) is 7.32. The quantitative estimate of drug-likeness (QED) is 0.782. The summed E-state index contributed by atoms with van der Waals surface area (Å²) in [6.45, 7) is 12.9. The Morgan fingerprint density at radius 1 is 1.18 bits per heavy atom. The molecule has 0 spiro atoms. The molecule has 0 atom stereocenters. The lowest BCUT2D eigenvalue weighted by Crippen LogP contribution is -2.46. The lowest BCUT2D eigenvalue weighted by molar-refractivity contribution is -0.141. The van der Waals surface area contributed by atoms with E-state index in [4.69, 9.17) is 10.00 Å². The number of likely N-dealkylation sites (tertiary alicyclic amines) is 1. The second kappa shape index (κ2) is 15.8. The van der Waals surface area contributed by atoms with Gasteiger partial charge in [-0.2, -0.15) is 5.26 Å². The van der Waals surface area contributed by atoms with E-state index in [1.165, 1.54) is 6.92 Å². The van der Waals surface area contributed by atoms with Crippen LogP contribution in [0.3, 0.4) is 0 Å². The molecule has 2 amide bonds. The third-order valence-corrected chi connectivity index (χ3v) is 2.86. The van der Waals surface area contributed by atoms with Crippen LogP contribution in [0.2, 0.25) is 0 Å². The Hall–Kier alpha value is -1.61. The molecule has 6 heteroatoms. The smallest absolute Gasteiger partial charge is 0.242 e. The van der Waals surface area contributed by atoms with E-state index < -0.39 is 0 Å². The summed E-state index contributed by atoms with van der Waals surface area (Å²) in [6.07, 6.45) is 1.48. The van der Waals surface area contributed by atoms with Crippen LogP contribution in [0.4, 0.5) is 0 Å². The van der Waals surface area contributed by atoms with E-state index in [2.05, 4.69) is 0 Å². The summed E-state index contributed by atoms with van der Waals surface area (Å²) in [5.74, 6) is 0.158. The van der Waals surface area contributed by atoms with Crippen LogP contribution in [-0.2, 0) is 14.3 Å². The standard InChI is InChI=1S/C10H16N2O3.C2H3N.2C2H6/c13-9-2-1-3-12(9)8-10(14)11-4-6-15-7-5-11;1-2-3;2*1-2/h1-8H2;1H3;2*1-2H3. The first-order valence-electron chi connectivity index (χ1n) is 8.13. The Morgan fingerprint density at radius 3 is 2.09 bits per heavy atom. The Balaban J connectivity index is 0. The number of morpholine rings is 1. The van der Waals surface area contributed by atoms with Gasteiger partial charge in [0.25, 0.3) is 0 Å². The summed E-state index contributed by atoms with van der Waals surface area (Å²) in [7, 11) is 0. The van der Waals surface area contributed by atoms with Gasteiger partial charge in [-0.05, 0) is 6.42 Å². The Kier molecular flexibility index (Phi) is 16.3. The highest BCUT2D eigenvalue weighted by Gasteiger charge is 2.25. The van der Waals surface area contributed by atoms with Gasteiger partial charge in [0.1, 0.15) is 0 Å². The molecule has 0 unspecified atom stereocenters. The highest BCUT2D eigenvalue weighted by atomic mass is 16.5. The molecule has 2 aliphatic rings. The van der Waals surface area contributed by atoms with Gasteiger partial charge in [-0.25, -0.2) is 0 Å². The van der Waals surface area contributed by atoms with Crippen LogP contribution in [0.5, 0.6) is 0 Å². The zero-order valence-corrected chi connectivity index (χ0v) is 14.7. The lowest BCUT2D eigenvalue weighted by atomic mass is 10.4. The molecular formula is C16H31N3O3. The van der Waals surface area contributed by atoms with Crippen molar-refractivity contribution in [1.82, 2.24) is 9.80 Å². The molecule has 2 rings (SSSR count). The van der Waals surface area contributed by atoms with Gasteiger partial charge in [0.15, 0.2) is 0 Å². The van der Waals surface area contributed by atoms with Crippen molar-refractivity contribution in [2.24, 2.45) is 0 Å². The zero-order chi connectivity index (χ0) is 17.4. The number of nitrogens with zero attached hydrogens (tertiary/aromatic N) is 3. The molecular weight excluding hydrogens is 282 g/mol. The summed E-state index contributed by atoms with van der Waals surface area (Å²) in [4.78, 5) is 26.5. The number of hydrogen-bond acceptors (Lipinski definition) is 4. The van der Waals surface area contributed by atoms with Gasteiger partial charge in [0.2, 0.25) is 11.8 Å². The van der Waals surface area contributed by atoms with Crippen molar-refractivity contribution in [2.75, 3.05) is 39.4 Å². The molecule has 2 heterocycles. The van der Waals surface area contributed by atoms with Crippen LogP contribution in [0.15, 0.2) is 0 Å². The van der Waals surface area contributed by atoms with E-state index >= 15 is 0 Å². The van der Waals surface area contributed by atoms with Crippen molar-refractivity contribution in [3.8, 4) is 6.07 Å². The maximum atomic E-state index is 11.8. The highest BCUT2D eigenvalue weighted by molar-refractivity contribution is 5.85. The van der Waals surface area contributed by atoms with E-state index in [1.807, 2.05) is 27.7 Å². The van der Waals surface area contributed by atoms with Crippen LogP contribution in [0.1, 0.15) is 47.5 Å². The third kappa shape index (κ3) is 9.35. The van der Waals surface area contributed by atoms with Crippen LogP contribution < -0.4 is 0 Å². The molecule has 6 nitrogen and oxygen atoms in total. The molecule has 128 valence electrons. The molecule has 0 N–H and O–H groups in total. The van der Waals surface area contributed by atoms with Crippen molar-refractivity contribution in [1.29, 1.82) is 5.26 Å². The van der Waals surface area contributed by atoms with Gasteiger partial charge >= 0.3 is 0 Å². The molecule has 0 radical (unpaired) electrons. The fourth-order valence-electron chi connectivity index (χ4n) is 1.95. The first-order valence-corrected chi connectivity index (χ1v) is 8.13. The van der Waals surface area contributed by atoms with Gasteiger partial charge in [0.05, 0.1) is 25.8 Å². The molecule has 2 fully saturated rings. The number of amides is 2. The summed E-state index contributed by atoms with van der Waals surface area (Å²) >= 11 is 0. The molecule has 0 aliphatic carbocycles. The first-order chi connectivity index (χ1) is 10.7. The van der Waals surface area contributed by atoms with Crippen molar-refractivity contribution >= 4 is 11.8 Å². The van der Waals surface area contributed by atoms with Gasteiger partial charge < -0.3 is 14.5 Å². The number of carbonyl (C=O) groups is 2. The Labute approximate surface area is 135 Å². The average Bonchev–Trinajstić information content (AvgIpc) is 2.98. The monoisotopic (exact) mass is 313 g/mol. The van der Waals surface area contributed by atoms with Crippen molar-refractivity contribution in [3.05, 3.63) is 0 Å². The zero-order valence-electron chi connectivity index (χ0n) is 14.7. The molecule has 0 aromatic heterocycles. The predicted octanol–water partition coefficient (Wildman–Crippen LogP) is 2.05. The topological polar surface area (TPSA) is 73.6 Å². The minimum atomic E-state index is 0.0496. The SMILES string of the molecule is CC.CC.CC#N.O=C(CN1CCCC1=O)N1CCOCC1.